The van der Waals surface area contributed by atoms with Crippen molar-refractivity contribution in [3.63, 3.8) is 0 Å². The van der Waals surface area contributed by atoms with Crippen molar-refractivity contribution in [1.82, 2.24) is 19.9 Å². The van der Waals surface area contributed by atoms with Crippen LogP contribution < -0.4 is 14.8 Å². The van der Waals surface area contributed by atoms with Gasteiger partial charge in [0.2, 0.25) is 5.95 Å². The van der Waals surface area contributed by atoms with E-state index in [2.05, 4.69) is 31.2 Å². The van der Waals surface area contributed by atoms with Crippen LogP contribution in [-0.4, -0.2) is 59.8 Å². The van der Waals surface area contributed by atoms with Crippen LogP contribution in [0.2, 0.25) is 0 Å². The summed E-state index contributed by atoms with van der Waals surface area (Å²) in [5, 5.41) is 3.15. The van der Waals surface area contributed by atoms with E-state index in [-0.39, 0.29) is 6.10 Å². The fourth-order valence-corrected chi connectivity index (χ4v) is 3.90. The zero-order valence-electron chi connectivity index (χ0n) is 17.9. The number of nitrogens with zero attached hydrogens (tertiary/aromatic N) is 4. The predicted molar refractivity (Wildman–Crippen MR) is 121 cm³/mol. The molecular formula is C24H25N5O3. The minimum absolute atomic E-state index is 0.0664. The van der Waals surface area contributed by atoms with Crippen LogP contribution >= 0.6 is 0 Å². The van der Waals surface area contributed by atoms with Crippen LogP contribution in [0.3, 0.4) is 0 Å². The van der Waals surface area contributed by atoms with Crippen molar-refractivity contribution >= 4 is 17.7 Å². The maximum atomic E-state index is 6.01. The number of methoxy groups -OCH3 is 1. The summed E-state index contributed by atoms with van der Waals surface area (Å²) >= 11 is 0. The molecule has 1 aromatic carbocycles. The van der Waals surface area contributed by atoms with Crippen molar-refractivity contribution in [2.24, 2.45) is 0 Å². The fourth-order valence-electron chi connectivity index (χ4n) is 3.90. The second kappa shape index (κ2) is 9.33. The molecule has 1 unspecified atom stereocenters. The summed E-state index contributed by atoms with van der Waals surface area (Å²) in [6.45, 7) is 3.76. The minimum atomic E-state index is -0.0664. The second-order valence-electron chi connectivity index (χ2n) is 7.76. The maximum absolute atomic E-state index is 6.01. The number of aromatic nitrogens is 3. The first-order chi connectivity index (χ1) is 15.8. The van der Waals surface area contributed by atoms with Gasteiger partial charge in [0.25, 0.3) is 0 Å². The van der Waals surface area contributed by atoms with Crippen LogP contribution in [-0.2, 0) is 4.74 Å². The summed E-state index contributed by atoms with van der Waals surface area (Å²) in [5.41, 5.74) is 4.05. The van der Waals surface area contributed by atoms with Crippen LogP contribution in [0.25, 0.3) is 6.08 Å². The van der Waals surface area contributed by atoms with Gasteiger partial charge in [-0.3, -0.25) is 9.88 Å². The number of hydrogen-bond acceptors (Lipinski definition) is 8. The average Bonchev–Trinajstić information content (AvgIpc) is 2.85. The van der Waals surface area contributed by atoms with Crippen molar-refractivity contribution in [3.05, 3.63) is 71.8 Å². The molecule has 0 amide bonds. The topological polar surface area (TPSA) is 81.6 Å². The van der Waals surface area contributed by atoms with E-state index in [0.29, 0.717) is 19.2 Å². The number of benzene rings is 1. The van der Waals surface area contributed by atoms with Crippen molar-refractivity contribution in [1.29, 1.82) is 0 Å². The van der Waals surface area contributed by atoms with Crippen LogP contribution in [0.5, 0.6) is 11.5 Å². The van der Waals surface area contributed by atoms with Gasteiger partial charge in [0.05, 0.1) is 31.3 Å². The highest BCUT2D eigenvalue weighted by Crippen LogP contribution is 2.31. The third-order valence-corrected chi connectivity index (χ3v) is 5.51. The molecule has 1 fully saturated rings. The second-order valence-corrected chi connectivity index (χ2v) is 7.76. The lowest BCUT2D eigenvalue weighted by Crippen LogP contribution is -2.40. The Balaban J connectivity index is 1.22. The summed E-state index contributed by atoms with van der Waals surface area (Å²) in [4.78, 5) is 15.3. The molecular weight excluding hydrogens is 406 g/mol. The van der Waals surface area contributed by atoms with Crippen LogP contribution in [0.15, 0.2) is 60.6 Å². The number of hydrogen-bond donors (Lipinski definition) is 1. The van der Waals surface area contributed by atoms with Gasteiger partial charge >= 0.3 is 0 Å². The Morgan fingerprint density at radius 3 is 2.88 bits per heavy atom. The normalized spacial score (nSPS) is 18.3. The van der Waals surface area contributed by atoms with Gasteiger partial charge in [-0.05, 0) is 48.0 Å². The Morgan fingerprint density at radius 2 is 2.06 bits per heavy atom. The molecule has 8 heteroatoms. The zero-order chi connectivity index (χ0) is 21.8. The number of rotatable bonds is 6. The van der Waals surface area contributed by atoms with Crippen molar-refractivity contribution in [2.75, 3.05) is 45.3 Å². The Morgan fingerprint density at radius 1 is 1.16 bits per heavy atom. The third-order valence-electron chi connectivity index (χ3n) is 5.51. The summed E-state index contributed by atoms with van der Waals surface area (Å²) in [5.74, 6) is 2.27. The summed E-state index contributed by atoms with van der Waals surface area (Å²) < 4.78 is 17.3. The van der Waals surface area contributed by atoms with Crippen LogP contribution in [0.4, 0.5) is 11.6 Å². The summed E-state index contributed by atoms with van der Waals surface area (Å²) in [6, 6.07) is 11.6. The van der Waals surface area contributed by atoms with E-state index < -0.39 is 0 Å². The van der Waals surface area contributed by atoms with E-state index in [9.17, 15) is 0 Å². The highest BCUT2D eigenvalue weighted by Gasteiger charge is 2.24. The first-order valence-electron chi connectivity index (χ1n) is 10.6. The minimum Gasteiger partial charge on any atom is -0.497 e. The predicted octanol–water partition coefficient (Wildman–Crippen LogP) is 3.47. The molecule has 1 N–H and O–H groups in total. The first kappa shape index (κ1) is 20.4. The molecule has 32 heavy (non-hydrogen) atoms. The third kappa shape index (κ3) is 4.71. The molecule has 4 heterocycles. The molecule has 8 nitrogen and oxygen atoms in total. The molecule has 0 saturated carbocycles. The van der Waals surface area contributed by atoms with Gasteiger partial charge in [-0.2, -0.15) is 0 Å². The Hall–Kier alpha value is -3.49. The van der Waals surface area contributed by atoms with E-state index >= 15 is 0 Å². The smallest absolute Gasteiger partial charge is 0.227 e. The maximum Gasteiger partial charge on any atom is 0.227 e. The number of ether oxygens (including phenoxy) is 3. The van der Waals surface area contributed by atoms with E-state index in [1.807, 2.05) is 30.3 Å². The molecule has 2 aromatic heterocycles. The molecule has 2 aliphatic heterocycles. The Kier molecular flexibility index (Phi) is 5.96. The number of morpholine rings is 1. The zero-order valence-corrected chi connectivity index (χ0v) is 17.9. The molecule has 3 aromatic rings. The largest absolute Gasteiger partial charge is 0.497 e. The molecule has 0 radical (unpaired) electrons. The molecule has 1 saturated heterocycles. The van der Waals surface area contributed by atoms with Gasteiger partial charge in [-0.1, -0.05) is 0 Å². The quantitative estimate of drug-likeness (QED) is 0.635. The number of pyridine rings is 1. The van der Waals surface area contributed by atoms with Gasteiger partial charge in [0, 0.05) is 37.6 Å². The van der Waals surface area contributed by atoms with E-state index in [1.165, 1.54) is 5.57 Å². The fraction of sp³-hybridized carbons (Fsp3) is 0.292. The number of nitrogens with one attached hydrogen (secondary N) is 1. The highest BCUT2D eigenvalue weighted by atomic mass is 16.5. The van der Waals surface area contributed by atoms with Crippen molar-refractivity contribution < 1.29 is 14.2 Å². The van der Waals surface area contributed by atoms with Gasteiger partial charge in [0.1, 0.15) is 24.2 Å². The average molecular weight is 431 g/mol. The lowest BCUT2D eigenvalue weighted by atomic mass is 10.1. The molecule has 2 aliphatic rings. The van der Waals surface area contributed by atoms with Crippen LogP contribution in [0, 0.1) is 0 Å². The van der Waals surface area contributed by atoms with Gasteiger partial charge in [0.15, 0.2) is 0 Å². The molecule has 164 valence electrons. The summed E-state index contributed by atoms with van der Waals surface area (Å²) in [7, 11) is 1.68. The van der Waals surface area contributed by atoms with Crippen LogP contribution in [0.1, 0.15) is 17.4 Å². The first-order valence-corrected chi connectivity index (χ1v) is 10.6. The Bertz CT molecular complexity index is 1090. The standard InChI is InChI=1S/C24H25N5O3/c1-30-20-4-6-22-18(12-20)11-17(16-32-22)14-29-9-10-31-23(15-29)21-5-3-19(13-27-21)28-24-25-7-2-8-26-24/h2-8,11-13,23H,9-10,14-16H2,1H3,(H,25,26,28). The van der Waals surface area contributed by atoms with E-state index in [0.717, 1.165) is 48.1 Å². The Labute approximate surface area is 186 Å². The van der Waals surface area contributed by atoms with Gasteiger partial charge < -0.3 is 19.5 Å². The van der Waals surface area contributed by atoms with Crippen molar-refractivity contribution in [2.45, 2.75) is 6.10 Å². The molecule has 5 rings (SSSR count). The monoisotopic (exact) mass is 431 g/mol. The number of anilines is 2. The molecule has 1 atom stereocenters. The van der Waals surface area contributed by atoms with E-state index in [1.54, 1.807) is 31.8 Å². The van der Waals surface area contributed by atoms with Gasteiger partial charge in [-0.25, -0.2) is 9.97 Å². The number of fused-ring (bicyclic) bond motifs is 1. The summed E-state index contributed by atoms with van der Waals surface area (Å²) in [6.07, 6.45) is 7.32. The van der Waals surface area contributed by atoms with E-state index in [4.69, 9.17) is 14.2 Å². The van der Waals surface area contributed by atoms with Crippen molar-refractivity contribution in [3.8, 4) is 11.5 Å². The highest BCUT2D eigenvalue weighted by molar-refractivity contribution is 5.64. The lowest BCUT2D eigenvalue weighted by molar-refractivity contribution is -0.0294. The molecule has 0 spiro atoms. The lowest BCUT2D eigenvalue weighted by Gasteiger charge is -2.33. The SMILES string of the molecule is COc1ccc2c(c1)C=C(CN1CCOC(c3ccc(Nc4ncccn4)cn3)C1)CO2. The van der Waals surface area contributed by atoms with Gasteiger partial charge in [-0.15, -0.1) is 0 Å². The molecule has 0 bridgehead atoms. The molecule has 0 aliphatic carbocycles.